The molecule has 0 saturated heterocycles. The molecule has 0 heterocycles. The Morgan fingerprint density at radius 2 is 1.76 bits per heavy atom. The first kappa shape index (κ1) is 19.9. The van der Waals surface area contributed by atoms with Crippen LogP contribution in [0.1, 0.15) is 59.3 Å². The first-order valence-electron chi connectivity index (χ1n) is 7.35. The SMILES string of the molecule is CC(C)(C)OC(=O)C(CO)CC(=O)OC1CCCCC1.N. The van der Waals surface area contributed by atoms with Crippen LogP contribution in [0.5, 0.6) is 0 Å². The minimum Gasteiger partial charge on any atom is -0.462 e. The predicted molar refractivity (Wildman–Crippen MR) is 79.0 cm³/mol. The molecule has 0 bridgehead atoms. The zero-order valence-electron chi connectivity index (χ0n) is 13.4. The van der Waals surface area contributed by atoms with E-state index in [0.29, 0.717) is 0 Å². The maximum Gasteiger partial charge on any atom is 0.312 e. The third-order valence-corrected chi connectivity index (χ3v) is 3.22. The van der Waals surface area contributed by atoms with Gasteiger partial charge in [0, 0.05) is 0 Å². The van der Waals surface area contributed by atoms with Crippen molar-refractivity contribution in [2.45, 2.75) is 71.0 Å². The fraction of sp³-hybridized carbons (Fsp3) is 0.867. The highest BCUT2D eigenvalue weighted by Crippen LogP contribution is 2.21. The van der Waals surface area contributed by atoms with Gasteiger partial charge in [-0.1, -0.05) is 6.42 Å². The largest absolute Gasteiger partial charge is 0.462 e. The summed E-state index contributed by atoms with van der Waals surface area (Å²) in [6.07, 6.45) is 4.96. The summed E-state index contributed by atoms with van der Waals surface area (Å²) >= 11 is 0. The Labute approximate surface area is 126 Å². The fourth-order valence-corrected chi connectivity index (χ4v) is 2.23. The van der Waals surface area contributed by atoms with Gasteiger partial charge >= 0.3 is 11.9 Å². The Morgan fingerprint density at radius 1 is 1.19 bits per heavy atom. The van der Waals surface area contributed by atoms with Gasteiger partial charge in [0.25, 0.3) is 0 Å². The van der Waals surface area contributed by atoms with Gasteiger partial charge in [0.05, 0.1) is 18.9 Å². The summed E-state index contributed by atoms with van der Waals surface area (Å²) in [6, 6.07) is 0. The van der Waals surface area contributed by atoms with Gasteiger partial charge < -0.3 is 20.7 Å². The molecule has 4 N–H and O–H groups in total. The van der Waals surface area contributed by atoms with Crippen LogP contribution in [0.15, 0.2) is 0 Å². The number of aliphatic hydroxyl groups is 1. The number of carbonyl (C=O) groups excluding carboxylic acids is 2. The molecule has 1 aliphatic rings. The van der Waals surface area contributed by atoms with Gasteiger partial charge in [-0.25, -0.2) is 0 Å². The van der Waals surface area contributed by atoms with Crippen molar-refractivity contribution in [1.29, 1.82) is 0 Å². The minimum atomic E-state index is -0.842. The van der Waals surface area contributed by atoms with E-state index in [1.165, 1.54) is 6.42 Å². The van der Waals surface area contributed by atoms with Crippen LogP contribution in [-0.4, -0.2) is 35.4 Å². The Bertz CT molecular complexity index is 331. The summed E-state index contributed by atoms with van der Waals surface area (Å²) < 4.78 is 10.5. The monoisotopic (exact) mass is 303 g/mol. The lowest BCUT2D eigenvalue weighted by Gasteiger charge is -2.24. The summed E-state index contributed by atoms with van der Waals surface area (Å²) in [6.45, 7) is 4.84. The predicted octanol–water partition coefficient (Wildman–Crippen LogP) is 2.36. The molecule has 1 rings (SSSR count). The molecular formula is C15H29NO5. The first-order chi connectivity index (χ1) is 9.31. The number of ether oxygens (including phenoxy) is 2. The fourth-order valence-electron chi connectivity index (χ4n) is 2.23. The topological polar surface area (TPSA) is 108 Å². The second kappa shape index (κ2) is 9.00. The Morgan fingerprint density at radius 3 is 2.24 bits per heavy atom. The van der Waals surface area contributed by atoms with Crippen molar-refractivity contribution >= 4 is 11.9 Å². The summed E-state index contributed by atoms with van der Waals surface area (Å²) in [5, 5.41) is 9.24. The lowest BCUT2D eigenvalue weighted by atomic mass is 9.97. The molecule has 124 valence electrons. The molecular weight excluding hydrogens is 274 g/mol. The van der Waals surface area contributed by atoms with Crippen molar-refractivity contribution in [2.75, 3.05) is 6.61 Å². The molecule has 0 aromatic carbocycles. The second-order valence-electron chi connectivity index (χ2n) is 6.37. The Balaban J connectivity index is 0.00000400. The first-order valence-corrected chi connectivity index (χ1v) is 7.35. The molecule has 0 amide bonds. The second-order valence-corrected chi connectivity index (χ2v) is 6.37. The van der Waals surface area contributed by atoms with E-state index in [9.17, 15) is 14.7 Å². The maximum absolute atomic E-state index is 11.8. The van der Waals surface area contributed by atoms with Crippen LogP contribution < -0.4 is 6.15 Å². The molecule has 1 saturated carbocycles. The molecule has 1 unspecified atom stereocenters. The highest BCUT2D eigenvalue weighted by Gasteiger charge is 2.28. The van der Waals surface area contributed by atoms with E-state index in [0.717, 1.165) is 25.7 Å². The normalized spacial score (nSPS) is 17.5. The quantitative estimate of drug-likeness (QED) is 0.755. The number of hydrogen-bond donors (Lipinski definition) is 2. The van der Waals surface area contributed by atoms with Crippen molar-refractivity contribution < 1.29 is 24.2 Å². The molecule has 0 aromatic heterocycles. The maximum atomic E-state index is 11.8. The molecule has 6 nitrogen and oxygen atoms in total. The van der Waals surface area contributed by atoms with Crippen LogP contribution in [0, 0.1) is 5.92 Å². The Hall–Kier alpha value is -1.14. The van der Waals surface area contributed by atoms with E-state index in [-0.39, 0.29) is 18.7 Å². The van der Waals surface area contributed by atoms with Gasteiger partial charge in [-0.2, -0.15) is 0 Å². The summed E-state index contributed by atoms with van der Waals surface area (Å²) in [4.78, 5) is 23.6. The van der Waals surface area contributed by atoms with Gasteiger partial charge in [-0.3, -0.25) is 9.59 Å². The van der Waals surface area contributed by atoms with Crippen LogP contribution in [0.3, 0.4) is 0 Å². The third kappa shape index (κ3) is 8.02. The summed E-state index contributed by atoms with van der Waals surface area (Å²) in [5.41, 5.74) is -0.627. The summed E-state index contributed by atoms with van der Waals surface area (Å²) in [5.74, 6) is -1.83. The third-order valence-electron chi connectivity index (χ3n) is 3.22. The van der Waals surface area contributed by atoms with Crippen molar-refractivity contribution in [2.24, 2.45) is 5.92 Å². The lowest BCUT2D eigenvalue weighted by Crippen LogP contribution is -2.32. The number of aliphatic hydroxyl groups excluding tert-OH is 1. The van der Waals surface area contributed by atoms with Crippen LogP contribution in [0.2, 0.25) is 0 Å². The number of esters is 2. The lowest BCUT2D eigenvalue weighted by molar-refractivity contribution is -0.167. The molecule has 0 aliphatic heterocycles. The highest BCUT2D eigenvalue weighted by molar-refractivity contribution is 5.80. The highest BCUT2D eigenvalue weighted by atomic mass is 16.6. The molecule has 1 aliphatic carbocycles. The zero-order valence-corrected chi connectivity index (χ0v) is 13.4. The molecule has 0 radical (unpaired) electrons. The van der Waals surface area contributed by atoms with Gasteiger partial charge in [-0.15, -0.1) is 0 Å². The van der Waals surface area contributed by atoms with E-state index in [1.807, 2.05) is 0 Å². The van der Waals surface area contributed by atoms with E-state index in [2.05, 4.69) is 0 Å². The average molecular weight is 303 g/mol. The average Bonchev–Trinajstić information content (AvgIpc) is 2.35. The van der Waals surface area contributed by atoms with Gasteiger partial charge in [-0.05, 0) is 46.5 Å². The van der Waals surface area contributed by atoms with Crippen molar-refractivity contribution in [1.82, 2.24) is 6.15 Å². The molecule has 21 heavy (non-hydrogen) atoms. The number of carbonyl (C=O) groups is 2. The van der Waals surface area contributed by atoms with E-state index < -0.39 is 30.1 Å². The minimum absolute atomic E-state index is 0. The zero-order chi connectivity index (χ0) is 15.2. The smallest absolute Gasteiger partial charge is 0.312 e. The molecule has 1 fully saturated rings. The van der Waals surface area contributed by atoms with Crippen molar-refractivity contribution in [3.05, 3.63) is 0 Å². The molecule has 1 atom stereocenters. The standard InChI is InChI=1S/C15H26O5.H3N/c1-15(2,3)20-14(18)11(10-16)9-13(17)19-12-7-5-4-6-8-12;/h11-12,16H,4-10H2,1-3H3;1H3. The number of rotatable bonds is 5. The van der Waals surface area contributed by atoms with E-state index >= 15 is 0 Å². The number of hydrogen-bond acceptors (Lipinski definition) is 6. The van der Waals surface area contributed by atoms with Gasteiger partial charge in [0.2, 0.25) is 0 Å². The van der Waals surface area contributed by atoms with Crippen LogP contribution in [-0.2, 0) is 19.1 Å². The van der Waals surface area contributed by atoms with E-state index in [1.54, 1.807) is 20.8 Å². The van der Waals surface area contributed by atoms with Gasteiger partial charge in [0.1, 0.15) is 11.7 Å². The molecule has 6 heteroatoms. The summed E-state index contributed by atoms with van der Waals surface area (Å²) in [7, 11) is 0. The van der Waals surface area contributed by atoms with Crippen molar-refractivity contribution in [3.63, 3.8) is 0 Å². The Kier molecular flexibility index (Phi) is 8.51. The van der Waals surface area contributed by atoms with Crippen LogP contribution in [0.4, 0.5) is 0 Å². The van der Waals surface area contributed by atoms with Crippen LogP contribution >= 0.6 is 0 Å². The molecule has 0 aromatic rings. The molecule has 0 spiro atoms. The van der Waals surface area contributed by atoms with Crippen molar-refractivity contribution in [3.8, 4) is 0 Å². The van der Waals surface area contributed by atoms with Crippen LogP contribution in [0.25, 0.3) is 0 Å². The van der Waals surface area contributed by atoms with E-state index in [4.69, 9.17) is 9.47 Å². The van der Waals surface area contributed by atoms with Gasteiger partial charge in [0.15, 0.2) is 0 Å².